The minimum absolute atomic E-state index is 0.0516. The van der Waals surface area contributed by atoms with Crippen LogP contribution in [0.3, 0.4) is 0 Å². The molecular formula is C10H9NO2S. The van der Waals surface area contributed by atoms with Gasteiger partial charge in [0.05, 0.1) is 5.00 Å². The van der Waals surface area contributed by atoms with Crippen LogP contribution < -0.4 is 5.73 Å². The van der Waals surface area contributed by atoms with E-state index in [9.17, 15) is 5.11 Å². The molecule has 2 rings (SSSR count). The lowest BCUT2D eigenvalue weighted by Gasteiger charge is -2.01. The molecule has 0 unspecified atom stereocenters. The normalized spacial score (nSPS) is 10.3. The number of phenolic OH excluding ortho intramolecular Hbond substituents is 2. The molecule has 0 aliphatic carbocycles. The number of rotatable bonds is 1. The van der Waals surface area contributed by atoms with Gasteiger partial charge in [0, 0.05) is 16.5 Å². The van der Waals surface area contributed by atoms with Gasteiger partial charge in [-0.3, -0.25) is 0 Å². The molecule has 1 aromatic heterocycles. The van der Waals surface area contributed by atoms with Crippen molar-refractivity contribution in [1.29, 1.82) is 0 Å². The van der Waals surface area contributed by atoms with Gasteiger partial charge in [-0.15, -0.1) is 11.3 Å². The molecule has 0 fully saturated rings. The van der Waals surface area contributed by atoms with Gasteiger partial charge in [0.1, 0.15) is 11.5 Å². The molecule has 4 heteroatoms. The third-order valence-corrected chi connectivity index (χ3v) is 2.82. The zero-order chi connectivity index (χ0) is 10.1. The molecule has 0 atom stereocenters. The molecular weight excluding hydrogens is 198 g/mol. The first-order valence-electron chi connectivity index (χ1n) is 4.04. The van der Waals surface area contributed by atoms with Crippen LogP contribution in [0, 0.1) is 0 Å². The Labute approximate surface area is 85.1 Å². The fourth-order valence-electron chi connectivity index (χ4n) is 1.23. The first kappa shape index (κ1) is 8.90. The van der Waals surface area contributed by atoms with Gasteiger partial charge < -0.3 is 15.9 Å². The molecule has 0 spiro atoms. The Bertz CT molecular complexity index is 465. The fourth-order valence-corrected chi connectivity index (χ4v) is 2.03. The smallest absolute Gasteiger partial charge is 0.127 e. The molecule has 0 radical (unpaired) electrons. The lowest BCUT2D eigenvalue weighted by atomic mass is 10.1. The lowest BCUT2D eigenvalue weighted by molar-refractivity contribution is 0.452. The van der Waals surface area contributed by atoms with E-state index in [1.807, 2.05) is 6.07 Å². The van der Waals surface area contributed by atoms with Crippen LogP contribution in [-0.4, -0.2) is 10.2 Å². The van der Waals surface area contributed by atoms with Gasteiger partial charge in [-0.1, -0.05) is 0 Å². The maximum absolute atomic E-state index is 9.56. The maximum Gasteiger partial charge on any atom is 0.127 e. The van der Waals surface area contributed by atoms with Crippen molar-refractivity contribution in [3.05, 3.63) is 30.3 Å². The van der Waals surface area contributed by atoms with Crippen LogP contribution in [0.5, 0.6) is 11.5 Å². The largest absolute Gasteiger partial charge is 0.508 e. The Morgan fingerprint density at radius 3 is 2.43 bits per heavy atom. The number of benzene rings is 1. The van der Waals surface area contributed by atoms with E-state index in [-0.39, 0.29) is 11.5 Å². The number of hydrogen-bond acceptors (Lipinski definition) is 4. The van der Waals surface area contributed by atoms with Gasteiger partial charge in [0.15, 0.2) is 0 Å². The van der Waals surface area contributed by atoms with E-state index in [2.05, 4.69) is 0 Å². The standard InChI is InChI=1S/C10H9NO2S/c11-10-4-3-9(14-10)7-2-1-6(12)5-8(7)13/h1-5,12-13H,11H2. The van der Waals surface area contributed by atoms with Crippen molar-refractivity contribution in [2.24, 2.45) is 0 Å². The van der Waals surface area contributed by atoms with E-state index in [1.165, 1.54) is 23.5 Å². The first-order valence-corrected chi connectivity index (χ1v) is 4.86. The lowest BCUT2D eigenvalue weighted by Crippen LogP contribution is -1.74. The van der Waals surface area contributed by atoms with Crippen LogP contribution in [0.4, 0.5) is 5.00 Å². The highest BCUT2D eigenvalue weighted by Crippen LogP contribution is 2.36. The summed E-state index contributed by atoms with van der Waals surface area (Å²) in [5.74, 6) is 0.114. The summed E-state index contributed by atoms with van der Waals surface area (Å²) in [5, 5.41) is 19.4. The molecule has 3 nitrogen and oxygen atoms in total. The van der Waals surface area contributed by atoms with Crippen molar-refractivity contribution in [2.45, 2.75) is 0 Å². The quantitative estimate of drug-likeness (QED) is 0.672. The van der Waals surface area contributed by atoms with E-state index < -0.39 is 0 Å². The van der Waals surface area contributed by atoms with Gasteiger partial charge in [0.2, 0.25) is 0 Å². The number of anilines is 1. The summed E-state index contributed by atoms with van der Waals surface area (Å²) in [7, 11) is 0. The summed E-state index contributed by atoms with van der Waals surface area (Å²) in [6.45, 7) is 0. The number of nitrogens with two attached hydrogens (primary N) is 1. The van der Waals surface area contributed by atoms with E-state index >= 15 is 0 Å². The molecule has 2 aromatic rings. The third-order valence-electron chi connectivity index (χ3n) is 1.87. The maximum atomic E-state index is 9.56. The second kappa shape index (κ2) is 3.23. The van der Waals surface area contributed by atoms with Crippen molar-refractivity contribution < 1.29 is 10.2 Å². The Hall–Kier alpha value is -1.68. The average molecular weight is 207 g/mol. The average Bonchev–Trinajstić information content (AvgIpc) is 2.51. The molecule has 0 bridgehead atoms. The summed E-state index contributed by atoms with van der Waals surface area (Å²) in [4.78, 5) is 0.889. The number of aromatic hydroxyl groups is 2. The van der Waals surface area contributed by atoms with E-state index in [4.69, 9.17) is 10.8 Å². The molecule has 0 amide bonds. The first-order chi connectivity index (χ1) is 6.66. The third kappa shape index (κ3) is 1.52. The van der Waals surface area contributed by atoms with Crippen molar-refractivity contribution in [2.75, 3.05) is 5.73 Å². The molecule has 1 aromatic carbocycles. The monoisotopic (exact) mass is 207 g/mol. The zero-order valence-electron chi connectivity index (χ0n) is 7.27. The van der Waals surface area contributed by atoms with Gasteiger partial charge in [0.25, 0.3) is 0 Å². The van der Waals surface area contributed by atoms with Crippen molar-refractivity contribution in [3.8, 4) is 21.9 Å². The minimum Gasteiger partial charge on any atom is -0.508 e. The van der Waals surface area contributed by atoms with Crippen LogP contribution in [0.1, 0.15) is 0 Å². The Kier molecular flexibility index (Phi) is 2.05. The summed E-state index contributed by atoms with van der Waals surface area (Å²) < 4.78 is 0. The number of phenols is 2. The van der Waals surface area contributed by atoms with Gasteiger partial charge in [-0.2, -0.15) is 0 Å². The minimum atomic E-state index is 0.0516. The molecule has 0 aliphatic heterocycles. The Morgan fingerprint density at radius 1 is 1.07 bits per heavy atom. The summed E-state index contributed by atoms with van der Waals surface area (Å²) in [5.41, 5.74) is 6.27. The molecule has 0 aliphatic rings. The molecule has 0 saturated carbocycles. The summed E-state index contributed by atoms with van der Waals surface area (Å²) >= 11 is 1.40. The molecule has 1 heterocycles. The molecule has 72 valence electrons. The van der Waals surface area contributed by atoms with Crippen LogP contribution in [0.2, 0.25) is 0 Å². The van der Waals surface area contributed by atoms with Gasteiger partial charge in [-0.05, 0) is 24.3 Å². The second-order valence-electron chi connectivity index (χ2n) is 2.90. The predicted molar refractivity (Wildman–Crippen MR) is 57.5 cm³/mol. The topological polar surface area (TPSA) is 66.5 Å². The summed E-state index contributed by atoms with van der Waals surface area (Å²) in [6.07, 6.45) is 0. The molecule has 14 heavy (non-hydrogen) atoms. The zero-order valence-corrected chi connectivity index (χ0v) is 8.08. The van der Waals surface area contributed by atoms with Crippen LogP contribution >= 0.6 is 11.3 Å². The van der Waals surface area contributed by atoms with Crippen molar-refractivity contribution in [1.82, 2.24) is 0 Å². The van der Waals surface area contributed by atoms with E-state index in [1.54, 1.807) is 12.1 Å². The van der Waals surface area contributed by atoms with Crippen LogP contribution in [0.25, 0.3) is 10.4 Å². The number of thiophene rings is 1. The van der Waals surface area contributed by atoms with Crippen LogP contribution in [-0.2, 0) is 0 Å². The predicted octanol–water partition coefficient (Wildman–Crippen LogP) is 2.41. The van der Waals surface area contributed by atoms with Crippen LogP contribution in [0.15, 0.2) is 30.3 Å². The summed E-state index contributed by atoms with van der Waals surface area (Å²) in [6, 6.07) is 8.13. The second-order valence-corrected chi connectivity index (χ2v) is 4.02. The highest BCUT2D eigenvalue weighted by Gasteiger charge is 2.06. The highest BCUT2D eigenvalue weighted by atomic mass is 32.1. The number of nitrogen functional groups attached to an aromatic ring is 1. The Morgan fingerprint density at radius 2 is 1.86 bits per heavy atom. The molecule has 4 N–H and O–H groups in total. The molecule has 0 saturated heterocycles. The highest BCUT2D eigenvalue weighted by molar-refractivity contribution is 7.19. The van der Waals surface area contributed by atoms with Gasteiger partial charge >= 0.3 is 0 Å². The SMILES string of the molecule is Nc1ccc(-c2ccc(O)cc2O)s1. The van der Waals surface area contributed by atoms with E-state index in [0.717, 1.165) is 4.88 Å². The Balaban J connectivity index is 2.52. The van der Waals surface area contributed by atoms with Gasteiger partial charge in [-0.25, -0.2) is 0 Å². The fraction of sp³-hybridized carbons (Fsp3) is 0. The number of hydrogen-bond donors (Lipinski definition) is 3. The van der Waals surface area contributed by atoms with Crippen molar-refractivity contribution >= 4 is 16.3 Å². The van der Waals surface area contributed by atoms with Crippen molar-refractivity contribution in [3.63, 3.8) is 0 Å². The van der Waals surface area contributed by atoms with E-state index in [0.29, 0.717) is 10.6 Å².